The fourth-order valence-corrected chi connectivity index (χ4v) is 4.34. The SMILES string of the molecule is COc1ccc(-c2nnc(SCC(=O)N/N=C/C=C/c3ccccc3[N+](=O)[O-])n2-c2ccccc2)cc1OC. The molecule has 0 radical (unpaired) electrons. The van der Waals surface area contributed by atoms with Crippen LogP contribution in [0.5, 0.6) is 11.5 Å². The van der Waals surface area contributed by atoms with Gasteiger partial charge in [-0.1, -0.05) is 42.1 Å². The summed E-state index contributed by atoms with van der Waals surface area (Å²) >= 11 is 1.20. The van der Waals surface area contributed by atoms with Crippen molar-refractivity contribution >= 4 is 35.6 Å². The summed E-state index contributed by atoms with van der Waals surface area (Å²) in [7, 11) is 3.13. The number of nitrogens with zero attached hydrogens (tertiary/aromatic N) is 5. The molecule has 0 unspecified atom stereocenters. The number of hydrogen-bond acceptors (Lipinski definition) is 9. The highest BCUT2D eigenvalue weighted by Gasteiger charge is 2.18. The molecule has 0 aliphatic rings. The van der Waals surface area contributed by atoms with Gasteiger partial charge in [0.05, 0.1) is 30.5 Å². The number of carbonyl (C=O) groups excluding carboxylic acids is 1. The number of aromatic nitrogens is 3. The van der Waals surface area contributed by atoms with E-state index in [0.717, 1.165) is 11.3 Å². The Balaban J connectivity index is 1.46. The van der Waals surface area contributed by atoms with E-state index in [1.807, 2.05) is 47.0 Å². The standard InChI is InChI=1S/C27H24N6O5S/c1-37-23-15-14-20(17-24(23)38-2)26-30-31-27(32(26)21-11-4-3-5-12-21)39-18-25(34)29-28-16-8-10-19-9-6-7-13-22(19)33(35)36/h3-17H,18H2,1-2H3,(H,29,34)/b10-8+,28-16+. The average molecular weight is 545 g/mol. The van der Waals surface area contributed by atoms with Gasteiger partial charge in [-0.15, -0.1) is 10.2 Å². The van der Waals surface area contributed by atoms with Gasteiger partial charge in [0.15, 0.2) is 22.5 Å². The Bertz CT molecular complexity index is 1520. The highest BCUT2D eigenvalue weighted by atomic mass is 32.2. The van der Waals surface area contributed by atoms with Crippen LogP contribution in [0, 0.1) is 10.1 Å². The molecule has 1 aromatic heterocycles. The van der Waals surface area contributed by atoms with Crippen LogP contribution >= 0.6 is 11.8 Å². The Morgan fingerprint density at radius 3 is 2.54 bits per heavy atom. The lowest BCUT2D eigenvalue weighted by Crippen LogP contribution is -2.19. The van der Waals surface area contributed by atoms with Crippen molar-refractivity contribution in [1.82, 2.24) is 20.2 Å². The number of nitrogens with one attached hydrogen (secondary N) is 1. The van der Waals surface area contributed by atoms with E-state index < -0.39 is 4.92 Å². The van der Waals surface area contributed by atoms with Crippen LogP contribution < -0.4 is 14.9 Å². The van der Waals surface area contributed by atoms with Gasteiger partial charge in [-0.2, -0.15) is 5.10 Å². The predicted octanol–water partition coefficient (Wildman–Crippen LogP) is 4.77. The molecule has 0 aliphatic carbocycles. The topological polar surface area (TPSA) is 134 Å². The van der Waals surface area contributed by atoms with Crippen LogP contribution in [0.1, 0.15) is 5.56 Å². The van der Waals surface area contributed by atoms with Crippen LogP contribution in [0.4, 0.5) is 5.69 Å². The number of hydrogen-bond donors (Lipinski definition) is 1. The van der Waals surface area contributed by atoms with Crippen LogP contribution in [-0.2, 0) is 4.79 Å². The molecule has 0 saturated heterocycles. The molecule has 12 heteroatoms. The number of ether oxygens (including phenoxy) is 2. The summed E-state index contributed by atoms with van der Waals surface area (Å²) in [6.45, 7) is 0. The Hall–Kier alpha value is -4.97. The third kappa shape index (κ3) is 6.67. The summed E-state index contributed by atoms with van der Waals surface area (Å²) in [6.07, 6.45) is 4.40. The van der Waals surface area contributed by atoms with Crippen molar-refractivity contribution in [2.75, 3.05) is 20.0 Å². The van der Waals surface area contributed by atoms with Crippen molar-refractivity contribution in [2.24, 2.45) is 5.10 Å². The van der Waals surface area contributed by atoms with Gasteiger partial charge >= 0.3 is 0 Å². The minimum absolute atomic E-state index is 0.0161. The monoisotopic (exact) mass is 544 g/mol. The summed E-state index contributed by atoms with van der Waals surface area (Å²) in [5, 5.41) is 24.2. The molecule has 1 N–H and O–H groups in total. The zero-order valence-electron chi connectivity index (χ0n) is 21.1. The van der Waals surface area contributed by atoms with Crippen molar-refractivity contribution in [3.63, 3.8) is 0 Å². The number of rotatable bonds is 11. The molecular formula is C27H24N6O5S. The largest absolute Gasteiger partial charge is 0.493 e. The lowest BCUT2D eigenvalue weighted by atomic mass is 10.2. The number of para-hydroxylation sites is 2. The van der Waals surface area contributed by atoms with Gasteiger partial charge < -0.3 is 9.47 Å². The van der Waals surface area contributed by atoms with Crippen molar-refractivity contribution in [3.05, 3.63) is 94.6 Å². The Morgan fingerprint density at radius 2 is 1.79 bits per heavy atom. The van der Waals surface area contributed by atoms with Crippen molar-refractivity contribution in [2.45, 2.75) is 5.16 Å². The molecule has 39 heavy (non-hydrogen) atoms. The molecule has 4 rings (SSSR count). The predicted molar refractivity (Wildman–Crippen MR) is 149 cm³/mol. The third-order valence-electron chi connectivity index (χ3n) is 5.38. The fourth-order valence-electron chi connectivity index (χ4n) is 3.59. The molecule has 4 aromatic rings. The van der Waals surface area contributed by atoms with E-state index in [4.69, 9.17) is 9.47 Å². The van der Waals surface area contributed by atoms with E-state index in [2.05, 4.69) is 20.7 Å². The normalized spacial score (nSPS) is 11.1. The van der Waals surface area contributed by atoms with E-state index in [0.29, 0.717) is 28.0 Å². The van der Waals surface area contributed by atoms with Crippen LogP contribution in [0.25, 0.3) is 23.2 Å². The number of allylic oxidation sites excluding steroid dienone is 1. The quantitative estimate of drug-likeness (QED) is 0.124. The molecular weight excluding hydrogens is 520 g/mol. The maximum absolute atomic E-state index is 12.4. The van der Waals surface area contributed by atoms with Gasteiger partial charge in [-0.25, -0.2) is 5.43 Å². The van der Waals surface area contributed by atoms with Crippen LogP contribution in [0.15, 0.2) is 89.1 Å². The summed E-state index contributed by atoms with van der Waals surface area (Å²) in [4.78, 5) is 23.1. The second-order valence-corrected chi connectivity index (χ2v) is 8.77. The van der Waals surface area contributed by atoms with Crippen molar-refractivity contribution in [1.29, 1.82) is 0 Å². The smallest absolute Gasteiger partial charge is 0.276 e. The molecule has 0 spiro atoms. The highest BCUT2D eigenvalue weighted by molar-refractivity contribution is 7.99. The number of nitro benzene ring substituents is 1. The summed E-state index contributed by atoms with van der Waals surface area (Å²) in [6, 6.07) is 21.4. The summed E-state index contributed by atoms with van der Waals surface area (Å²) in [5.74, 6) is 1.40. The van der Waals surface area contributed by atoms with E-state index in [9.17, 15) is 14.9 Å². The van der Waals surface area contributed by atoms with E-state index in [1.165, 1.54) is 30.1 Å². The highest BCUT2D eigenvalue weighted by Crippen LogP contribution is 2.34. The second kappa shape index (κ2) is 13.0. The number of thioether (sulfide) groups is 1. The number of benzene rings is 3. The average Bonchev–Trinajstić information content (AvgIpc) is 3.40. The zero-order chi connectivity index (χ0) is 27.6. The second-order valence-electron chi connectivity index (χ2n) is 7.82. The molecule has 0 fully saturated rings. The van der Waals surface area contributed by atoms with E-state index in [-0.39, 0.29) is 17.3 Å². The number of carbonyl (C=O) groups is 1. The van der Waals surface area contributed by atoms with Gasteiger partial charge in [-0.3, -0.25) is 19.5 Å². The first-order chi connectivity index (χ1) is 19.0. The van der Waals surface area contributed by atoms with E-state index >= 15 is 0 Å². The van der Waals surface area contributed by atoms with Gasteiger partial charge in [0.2, 0.25) is 0 Å². The summed E-state index contributed by atoms with van der Waals surface area (Å²) < 4.78 is 12.6. The molecule has 11 nitrogen and oxygen atoms in total. The lowest BCUT2D eigenvalue weighted by molar-refractivity contribution is -0.385. The number of hydrazone groups is 1. The van der Waals surface area contributed by atoms with Crippen LogP contribution in [-0.4, -0.2) is 51.8 Å². The van der Waals surface area contributed by atoms with Gasteiger partial charge in [-0.05, 0) is 48.6 Å². The Labute approximate surface area is 228 Å². The van der Waals surface area contributed by atoms with Gasteiger partial charge in [0.1, 0.15) is 0 Å². The molecule has 3 aromatic carbocycles. The van der Waals surface area contributed by atoms with Gasteiger partial charge in [0, 0.05) is 23.5 Å². The van der Waals surface area contributed by atoms with E-state index in [1.54, 1.807) is 44.6 Å². The third-order valence-corrected chi connectivity index (χ3v) is 6.31. The maximum atomic E-state index is 12.4. The first kappa shape index (κ1) is 27.1. The molecule has 0 saturated carbocycles. The minimum atomic E-state index is -0.458. The number of nitro groups is 1. The van der Waals surface area contributed by atoms with Crippen molar-refractivity contribution in [3.8, 4) is 28.6 Å². The van der Waals surface area contributed by atoms with Crippen molar-refractivity contribution < 1.29 is 19.2 Å². The van der Waals surface area contributed by atoms with Crippen LogP contribution in [0.2, 0.25) is 0 Å². The fraction of sp³-hybridized carbons (Fsp3) is 0.111. The Morgan fingerprint density at radius 1 is 1.05 bits per heavy atom. The first-order valence-corrected chi connectivity index (χ1v) is 12.6. The Kier molecular flexibility index (Phi) is 9.03. The molecule has 198 valence electrons. The molecule has 1 heterocycles. The molecule has 0 aliphatic heterocycles. The molecule has 1 amide bonds. The van der Waals surface area contributed by atoms with Gasteiger partial charge in [0.25, 0.3) is 11.6 Å². The maximum Gasteiger partial charge on any atom is 0.276 e. The zero-order valence-corrected chi connectivity index (χ0v) is 21.9. The molecule has 0 bridgehead atoms. The number of amides is 1. The first-order valence-electron chi connectivity index (χ1n) is 11.6. The minimum Gasteiger partial charge on any atom is -0.493 e. The van der Waals surface area contributed by atoms with Crippen LogP contribution in [0.3, 0.4) is 0 Å². The number of methoxy groups -OCH3 is 2. The summed E-state index contributed by atoms with van der Waals surface area (Å²) in [5.41, 5.74) is 4.44. The lowest BCUT2D eigenvalue weighted by Gasteiger charge is -2.12. The molecule has 0 atom stereocenters.